The third-order valence-electron chi connectivity index (χ3n) is 7.46. The molecular weight excluding hydrogens is 443 g/mol. The van der Waals surface area contributed by atoms with E-state index in [0.717, 1.165) is 5.46 Å². The van der Waals surface area contributed by atoms with Gasteiger partial charge >= 0.3 is 7.12 Å². The van der Waals surface area contributed by atoms with Gasteiger partial charge in [-0.2, -0.15) is 0 Å². The molecule has 1 saturated heterocycles. The second-order valence-electron chi connectivity index (χ2n) is 10.1. The molecule has 2 aromatic heterocycles. The Bertz CT molecular complexity index is 1730. The molecule has 0 saturated carbocycles. The minimum Gasteiger partial charge on any atom is -0.399 e. The minimum absolute atomic E-state index is 0.333. The summed E-state index contributed by atoms with van der Waals surface area (Å²) in [5.74, 6) is 0. The van der Waals surface area contributed by atoms with Crippen LogP contribution in [-0.4, -0.2) is 18.3 Å². The molecule has 3 heterocycles. The van der Waals surface area contributed by atoms with Gasteiger partial charge in [0, 0.05) is 20.2 Å². The van der Waals surface area contributed by atoms with E-state index < -0.39 is 0 Å². The third-order valence-corrected chi connectivity index (χ3v) is 9.96. The van der Waals surface area contributed by atoms with Crippen LogP contribution in [0.25, 0.3) is 51.1 Å². The maximum Gasteiger partial charge on any atom is 0.494 e. The molecule has 0 spiro atoms. The molecule has 0 radical (unpaired) electrons. The zero-order valence-electron chi connectivity index (χ0n) is 19.1. The van der Waals surface area contributed by atoms with Crippen LogP contribution in [-0.2, 0) is 9.31 Å². The Balaban J connectivity index is 1.39. The molecule has 0 unspecified atom stereocenters. The lowest BCUT2D eigenvalue weighted by molar-refractivity contribution is 0.00578. The Morgan fingerprint density at radius 2 is 1.12 bits per heavy atom. The molecule has 1 aliphatic rings. The molecule has 1 aliphatic heterocycles. The van der Waals surface area contributed by atoms with Crippen molar-refractivity contribution < 1.29 is 9.31 Å². The van der Waals surface area contributed by atoms with E-state index in [2.05, 4.69) is 94.4 Å². The van der Waals surface area contributed by atoms with Crippen LogP contribution in [0.5, 0.6) is 0 Å². The van der Waals surface area contributed by atoms with Crippen molar-refractivity contribution in [3.8, 4) is 0 Å². The van der Waals surface area contributed by atoms with Crippen LogP contribution in [0.2, 0.25) is 0 Å². The summed E-state index contributed by atoms with van der Waals surface area (Å²) in [6.45, 7) is 8.40. The Hall–Kier alpha value is -2.44. The summed E-state index contributed by atoms with van der Waals surface area (Å²) in [6.07, 6.45) is 0. The molecular formula is C28H23BO2S2. The molecule has 5 heteroatoms. The third kappa shape index (κ3) is 2.86. The molecule has 4 aromatic carbocycles. The number of hydrogen-bond acceptors (Lipinski definition) is 4. The number of hydrogen-bond donors (Lipinski definition) is 0. The van der Waals surface area contributed by atoms with Gasteiger partial charge in [-0.15, -0.1) is 22.7 Å². The highest BCUT2D eigenvalue weighted by molar-refractivity contribution is 7.36. The van der Waals surface area contributed by atoms with Crippen molar-refractivity contribution in [3.63, 3.8) is 0 Å². The molecule has 0 aliphatic carbocycles. The van der Waals surface area contributed by atoms with Crippen LogP contribution in [0, 0.1) is 0 Å². The topological polar surface area (TPSA) is 18.5 Å². The molecule has 33 heavy (non-hydrogen) atoms. The molecule has 6 aromatic rings. The fraction of sp³-hybridized carbons (Fsp3) is 0.214. The minimum atomic E-state index is -0.334. The molecule has 1 fully saturated rings. The Morgan fingerprint density at radius 3 is 1.73 bits per heavy atom. The lowest BCUT2D eigenvalue weighted by Gasteiger charge is -2.32. The van der Waals surface area contributed by atoms with Crippen molar-refractivity contribution >= 4 is 86.4 Å². The first-order valence-electron chi connectivity index (χ1n) is 11.4. The molecule has 0 N–H and O–H groups in total. The Kier molecular flexibility index (Phi) is 3.98. The predicted octanol–water partition coefficient (Wildman–Crippen LogP) is 7.87. The fourth-order valence-electron chi connectivity index (χ4n) is 4.83. The van der Waals surface area contributed by atoms with Crippen LogP contribution in [0.15, 0.2) is 66.7 Å². The quantitative estimate of drug-likeness (QED) is 0.230. The van der Waals surface area contributed by atoms with Gasteiger partial charge in [-0.05, 0) is 79.0 Å². The van der Waals surface area contributed by atoms with E-state index in [1.165, 1.54) is 51.1 Å². The van der Waals surface area contributed by atoms with E-state index in [1.54, 1.807) is 0 Å². The average Bonchev–Trinajstić information content (AvgIpc) is 3.37. The standard InChI is InChI=1S/C28H23BO2S2/c1-27(2)28(3,4)31-29(30-27)20-10-9-18-13-22-24(15-19(18)11-20)33-25-21-12-16-7-5-6-8-17(16)14-23(21)32-26(22)25/h5-15H,1-4H3. The zero-order chi connectivity index (χ0) is 22.5. The average molecular weight is 466 g/mol. The lowest BCUT2D eigenvalue weighted by atomic mass is 9.78. The van der Waals surface area contributed by atoms with Gasteiger partial charge in [0.25, 0.3) is 0 Å². The fourth-order valence-corrected chi connectivity index (χ4v) is 7.53. The number of fused-ring (bicyclic) bond motifs is 7. The molecule has 7 rings (SSSR count). The first-order valence-corrected chi connectivity index (χ1v) is 13.0. The van der Waals surface area contributed by atoms with Gasteiger partial charge in [-0.3, -0.25) is 0 Å². The second kappa shape index (κ2) is 6.58. The van der Waals surface area contributed by atoms with Crippen molar-refractivity contribution in [3.05, 3.63) is 66.7 Å². The van der Waals surface area contributed by atoms with Crippen molar-refractivity contribution in [1.29, 1.82) is 0 Å². The maximum atomic E-state index is 6.29. The molecule has 2 nitrogen and oxygen atoms in total. The Morgan fingerprint density at radius 1 is 0.606 bits per heavy atom. The van der Waals surface area contributed by atoms with Gasteiger partial charge in [0.2, 0.25) is 0 Å². The maximum absolute atomic E-state index is 6.29. The summed E-state index contributed by atoms with van der Waals surface area (Å²) in [5, 5.41) is 7.83. The Labute approximate surface area is 200 Å². The van der Waals surface area contributed by atoms with Crippen LogP contribution in [0.3, 0.4) is 0 Å². The van der Waals surface area contributed by atoms with Gasteiger partial charge in [-0.25, -0.2) is 0 Å². The highest BCUT2D eigenvalue weighted by Gasteiger charge is 2.51. The van der Waals surface area contributed by atoms with Crippen LogP contribution in [0.1, 0.15) is 27.7 Å². The van der Waals surface area contributed by atoms with Crippen LogP contribution >= 0.6 is 22.7 Å². The monoisotopic (exact) mass is 466 g/mol. The summed E-state index contributed by atoms with van der Waals surface area (Å²) in [4.78, 5) is 0. The van der Waals surface area contributed by atoms with Gasteiger partial charge in [0.1, 0.15) is 0 Å². The first kappa shape index (κ1) is 20.0. The first-order chi connectivity index (χ1) is 15.8. The lowest BCUT2D eigenvalue weighted by Crippen LogP contribution is -2.41. The van der Waals surface area contributed by atoms with E-state index in [1.807, 2.05) is 22.7 Å². The number of benzene rings is 4. The van der Waals surface area contributed by atoms with Gasteiger partial charge in [0.05, 0.1) is 20.6 Å². The van der Waals surface area contributed by atoms with Crippen LogP contribution < -0.4 is 5.46 Å². The molecule has 0 bridgehead atoms. The SMILES string of the molecule is CC1(C)OB(c2ccc3cc4c(cc3c2)sc2c3cc5ccccc5cc3sc42)OC1(C)C. The summed E-state index contributed by atoms with van der Waals surface area (Å²) < 4.78 is 18.1. The number of thiophene rings is 2. The highest BCUT2D eigenvalue weighted by Crippen LogP contribution is 2.46. The van der Waals surface area contributed by atoms with E-state index in [9.17, 15) is 0 Å². The summed E-state index contributed by atoms with van der Waals surface area (Å²) in [5.41, 5.74) is 0.413. The van der Waals surface area contributed by atoms with Crippen LogP contribution in [0.4, 0.5) is 0 Å². The predicted molar refractivity (Wildman–Crippen MR) is 145 cm³/mol. The summed E-state index contributed by atoms with van der Waals surface area (Å²) >= 11 is 3.82. The van der Waals surface area contributed by atoms with Crippen molar-refractivity contribution in [2.45, 2.75) is 38.9 Å². The van der Waals surface area contributed by atoms with E-state index in [-0.39, 0.29) is 18.3 Å². The van der Waals surface area contributed by atoms with Crippen molar-refractivity contribution in [2.75, 3.05) is 0 Å². The smallest absolute Gasteiger partial charge is 0.399 e. The largest absolute Gasteiger partial charge is 0.494 e. The van der Waals surface area contributed by atoms with Gasteiger partial charge in [-0.1, -0.05) is 42.5 Å². The van der Waals surface area contributed by atoms with Crippen molar-refractivity contribution in [2.24, 2.45) is 0 Å². The normalized spacial score (nSPS) is 17.9. The molecule has 0 amide bonds. The molecule has 0 atom stereocenters. The van der Waals surface area contributed by atoms with E-state index in [0.29, 0.717) is 0 Å². The number of rotatable bonds is 1. The van der Waals surface area contributed by atoms with Gasteiger partial charge < -0.3 is 9.31 Å². The van der Waals surface area contributed by atoms with Gasteiger partial charge in [0.15, 0.2) is 0 Å². The summed E-state index contributed by atoms with van der Waals surface area (Å²) in [7, 11) is -0.334. The highest BCUT2D eigenvalue weighted by atomic mass is 32.1. The summed E-state index contributed by atoms with van der Waals surface area (Å²) in [6, 6.07) is 24.6. The van der Waals surface area contributed by atoms with E-state index >= 15 is 0 Å². The zero-order valence-corrected chi connectivity index (χ0v) is 20.7. The van der Waals surface area contributed by atoms with Crippen molar-refractivity contribution in [1.82, 2.24) is 0 Å². The second-order valence-corrected chi connectivity index (χ2v) is 12.2. The molecule has 162 valence electrons. The van der Waals surface area contributed by atoms with E-state index in [4.69, 9.17) is 9.31 Å².